The highest BCUT2D eigenvalue weighted by Crippen LogP contribution is 2.44. The Morgan fingerprint density at radius 3 is 2.02 bits per heavy atom. The van der Waals surface area contributed by atoms with Crippen LogP contribution in [0.1, 0.15) is 53.7 Å². The number of carbonyl (C=O) groups excluding carboxylic acids is 2. The third-order valence-electron chi connectivity index (χ3n) is 7.13. The van der Waals surface area contributed by atoms with E-state index in [0.717, 1.165) is 33.4 Å². The van der Waals surface area contributed by atoms with E-state index in [1.807, 2.05) is 81.4 Å². The van der Waals surface area contributed by atoms with E-state index >= 15 is 0 Å². The fourth-order valence-corrected chi connectivity index (χ4v) is 5.26. The quantitative estimate of drug-likeness (QED) is 0.228. The molecule has 1 aliphatic rings. The number of hydrogen-bond acceptors (Lipinski definition) is 5. The fraction of sp³-hybridized carbons (Fsp3) is 0.229. The SMILES string of the molecule is CC(C)(C)OC(=O)c1cccc(-c2cccc(C[C@H](NC(=O)OCC3c4ccccc4-c4ccccc43)C(=O)O)c2)c1. The number of alkyl carbamates (subject to hydrolysis) is 1. The number of amides is 1. The smallest absolute Gasteiger partial charge is 0.407 e. The first-order valence-corrected chi connectivity index (χ1v) is 13.9. The molecule has 0 aromatic heterocycles. The number of esters is 1. The summed E-state index contributed by atoms with van der Waals surface area (Å²) in [5.41, 5.74) is 6.50. The van der Waals surface area contributed by atoms with Gasteiger partial charge in [-0.3, -0.25) is 0 Å². The Morgan fingerprint density at radius 1 is 0.810 bits per heavy atom. The van der Waals surface area contributed by atoms with Crippen molar-refractivity contribution in [1.29, 1.82) is 0 Å². The van der Waals surface area contributed by atoms with Crippen molar-refractivity contribution < 1.29 is 29.0 Å². The Kier molecular flexibility index (Phi) is 8.11. The number of fused-ring (bicyclic) bond motifs is 3. The normalized spacial score (nSPS) is 13.0. The van der Waals surface area contributed by atoms with Gasteiger partial charge in [-0.15, -0.1) is 0 Å². The first kappa shape index (κ1) is 28.6. The maximum absolute atomic E-state index is 12.8. The lowest BCUT2D eigenvalue weighted by Gasteiger charge is -2.19. The molecule has 4 aromatic carbocycles. The van der Waals surface area contributed by atoms with Crippen LogP contribution in [0, 0.1) is 0 Å². The summed E-state index contributed by atoms with van der Waals surface area (Å²) < 4.78 is 11.0. The lowest BCUT2D eigenvalue weighted by molar-refractivity contribution is -0.139. The molecule has 0 saturated heterocycles. The number of rotatable bonds is 8. The molecule has 0 heterocycles. The van der Waals surface area contributed by atoms with Gasteiger partial charge in [0.2, 0.25) is 0 Å². The van der Waals surface area contributed by atoms with E-state index in [0.29, 0.717) is 11.1 Å². The Hall–Kier alpha value is -4.91. The molecule has 0 unspecified atom stereocenters. The summed E-state index contributed by atoms with van der Waals surface area (Å²) in [6, 6.07) is 29.3. The molecule has 7 nitrogen and oxygen atoms in total. The molecule has 0 bridgehead atoms. The minimum Gasteiger partial charge on any atom is -0.480 e. The van der Waals surface area contributed by atoms with Gasteiger partial charge in [0.05, 0.1) is 5.56 Å². The molecule has 0 fully saturated rings. The van der Waals surface area contributed by atoms with E-state index < -0.39 is 29.7 Å². The van der Waals surface area contributed by atoms with Gasteiger partial charge in [-0.1, -0.05) is 84.9 Å². The molecule has 214 valence electrons. The maximum atomic E-state index is 12.8. The van der Waals surface area contributed by atoms with Crippen LogP contribution in [0.15, 0.2) is 97.1 Å². The Balaban J connectivity index is 1.25. The number of carbonyl (C=O) groups is 3. The molecule has 42 heavy (non-hydrogen) atoms. The minimum absolute atomic E-state index is 0.0547. The molecule has 0 spiro atoms. The van der Waals surface area contributed by atoms with Crippen LogP contribution in [0.4, 0.5) is 4.79 Å². The van der Waals surface area contributed by atoms with Crippen LogP contribution in [-0.2, 0) is 20.7 Å². The zero-order chi connectivity index (χ0) is 29.9. The van der Waals surface area contributed by atoms with Crippen molar-refractivity contribution in [2.75, 3.05) is 6.61 Å². The summed E-state index contributed by atoms with van der Waals surface area (Å²) in [5.74, 6) is -1.71. The van der Waals surface area contributed by atoms with E-state index in [1.165, 1.54) is 0 Å². The Morgan fingerprint density at radius 2 is 1.40 bits per heavy atom. The van der Waals surface area contributed by atoms with Gasteiger partial charge in [0.25, 0.3) is 0 Å². The lowest BCUT2D eigenvalue weighted by Crippen LogP contribution is -2.42. The highest BCUT2D eigenvalue weighted by Gasteiger charge is 2.30. The zero-order valence-electron chi connectivity index (χ0n) is 23.8. The van der Waals surface area contributed by atoms with Crippen molar-refractivity contribution in [2.24, 2.45) is 0 Å². The predicted octanol–water partition coefficient (Wildman–Crippen LogP) is 6.84. The fourth-order valence-electron chi connectivity index (χ4n) is 5.26. The second-order valence-electron chi connectivity index (χ2n) is 11.3. The van der Waals surface area contributed by atoms with Gasteiger partial charge in [0.15, 0.2) is 0 Å². The van der Waals surface area contributed by atoms with Gasteiger partial charge in [-0.2, -0.15) is 0 Å². The summed E-state index contributed by atoms with van der Waals surface area (Å²) in [5, 5.41) is 12.4. The van der Waals surface area contributed by atoms with Crippen molar-refractivity contribution >= 4 is 18.0 Å². The van der Waals surface area contributed by atoms with Crippen molar-refractivity contribution in [3.63, 3.8) is 0 Å². The van der Waals surface area contributed by atoms with Crippen LogP contribution in [0.2, 0.25) is 0 Å². The van der Waals surface area contributed by atoms with E-state index in [-0.39, 0.29) is 18.9 Å². The maximum Gasteiger partial charge on any atom is 0.407 e. The standard InChI is InChI=1S/C35H33NO6/c1-35(2,3)42-33(39)25-13-9-12-24(20-25)23-11-8-10-22(18-23)19-31(32(37)38)36-34(40)41-21-30-28-16-6-4-14-26(28)27-15-5-7-17-29(27)30/h4-18,20,30-31H,19,21H2,1-3H3,(H,36,40)(H,37,38)/t31-/m0/s1. The molecule has 1 aliphatic carbocycles. The number of carboxylic acid groups (broad SMARTS) is 1. The molecule has 0 radical (unpaired) electrons. The van der Waals surface area contributed by atoms with Gasteiger partial charge >= 0.3 is 18.0 Å². The molecular formula is C35H33NO6. The zero-order valence-corrected chi connectivity index (χ0v) is 23.8. The van der Waals surface area contributed by atoms with E-state index in [2.05, 4.69) is 17.4 Å². The van der Waals surface area contributed by atoms with E-state index in [1.54, 1.807) is 24.3 Å². The monoisotopic (exact) mass is 563 g/mol. The summed E-state index contributed by atoms with van der Waals surface area (Å²) in [7, 11) is 0. The molecule has 1 amide bonds. The van der Waals surface area contributed by atoms with Crippen molar-refractivity contribution in [3.8, 4) is 22.3 Å². The highest BCUT2D eigenvalue weighted by atomic mass is 16.6. The highest BCUT2D eigenvalue weighted by molar-refractivity contribution is 5.91. The molecular weight excluding hydrogens is 530 g/mol. The number of benzene rings is 4. The van der Waals surface area contributed by atoms with E-state index in [4.69, 9.17) is 9.47 Å². The molecule has 7 heteroatoms. The summed E-state index contributed by atoms with van der Waals surface area (Å²) in [6.07, 6.45) is -0.732. The van der Waals surface area contributed by atoms with Crippen LogP contribution in [0.5, 0.6) is 0 Å². The van der Waals surface area contributed by atoms with Crippen LogP contribution in [-0.4, -0.2) is 41.4 Å². The third-order valence-corrected chi connectivity index (χ3v) is 7.13. The van der Waals surface area contributed by atoms with E-state index in [9.17, 15) is 19.5 Å². The molecule has 0 saturated carbocycles. The van der Waals surface area contributed by atoms with Crippen LogP contribution < -0.4 is 5.32 Å². The molecule has 2 N–H and O–H groups in total. The number of ether oxygens (including phenoxy) is 2. The van der Waals surface area contributed by atoms with Gasteiger partial charge in [0.1, 0.15) is 18.2 Å². The minimum atomic E-state index is -1.19. The van der Waals surface area contributed by atoms with Gasteiger partial charge in [-0.25, -0.2) is 14.4 Å². The first-order chi connectivity index (χ1) is 20.1. The average Bonchev–Trinajstić information content (AvgIpc) is 3.28. The third kappa shape index (κ3) is 6.52. The van der Waals surface area contributed by atoms with Gasteiger partial charge in [-0.05, 0) is 71.8 Å². The topological polar surface area (TPSA) is 102 Å². The molecule has 1 atom stereocenters. The number of carboxylic acids is 1. The predicted molar refractivity (Wildman–Crippen MR) is 160 cm³/mol. The second kappa shape index (κ2) is 11.9. The number of hydrogen-bond donors (Lipinski definition) is 2. The average molecular weight is 564 g/mol. The summed E-state index contributed by atoms with van der Waals surface area (Å²) in [4.78, 5) is 37.4. The number of aliphatic carboxylic acids is 1. The molecule has 5 rings (SSSR count). The number of nitrogens with one attached hydrogen (secondary N) is 1. The van der Waals surface area contributed by atoms with Crippen molar-refractivity contribution in [1.82, 2.24) is 5.32 Å². The van der Waals surface area contributed by atoms with Gasteiger partial charge < -0.3 is 19.9 Å². The molecule has 0 aliphatic heterocycles. The largest absolute Gasteiger partial charge is 0.480 e. The Bertz CT molecular complexity index is 1590. The summed E-state index contributed by atoms with van der Waals surface area (Å²) in [6.45, 7) is 5.53. The lowest BCUT2D eigenvalue weighted by atomic mass is 9.98. The van der Waals surface area contributed by atoms with Crippen molar-refractivity contribution in [2.45, 2.75) is 44.8 Å². The van der Waals surface area contributed by atoms with Crippen LogP contribution in [0.3, 0.4) is 0 Å². The molecule has 4 aromatic rings. The Labute approximate surface area is 245 Å². The van der Waals surface area contributed by atoms with Crippen molar-refractivity contribution in [3.05, 3.63) is 119 Å². The first-order valence-electron chi connectivity index (χ1n) is 13.9. The van der Waals surface area contributed by atoms with Crippen LogP contribution >= 0.6 is 0 Å². The van der Waals surface area contributed by atoms with Gasteiger partial charge in [0, 0.05) is 12.3 Å². The summed E-state index contributed by atoms with van der Waals surface area (Å²) >= 11 is 0. The second-order valence-corrected chi connectivity index (χ2v) is 11.3. The van der Waals surface area contributed by atoms with Crippen LogP contribution in [0.25, 0.3) is 22.3 Å².